The summed E-state index contributed by atoms with van der Waals surface area (Å²) in [6, 6.07) is 0. The maximum absolute atomic E-state index is 13.2. The molecule has 3 aliphatic rings. The van der Waals surface area contributed by atoms with E-state index in [1.807, 2.05) is 0 Å². The Morgan fingerprint density at radius 1 is 1.12 bits per heavy atom. The van der Waals surface area contributed by atoms with E-state index in [4.69, 9.17) is 42.1 Å². The summed E-state index contributed by atoms with van der Waals surface area (Å²) in [6.07, 6.45) is -1.45. The van der Waals surface area contributed by atoms with Gasteiger partial charge in [-0.25, -0.2) is 14.8 Å². The maximum Gasteiger partial charge on any atom is 0.415 e. The fourth-order valence-corrected chi connectivity index (χ4v) is 7.80. The summed E-state index contributed by atoms with van der Waals surface area (Å²) in [5.41, 5.74) is -0.247. The van der Waals surface area contributed by atoms with Gasteiger partial charge in [0.25, 0.3) is 0 Å². The highest BCUT2D eigenvalue weighted by atomic mass is 31.2. The van der Waals surface area contributed by atoms with Crippen LogP contribution in [0.3, 0.4) is 0 Å². The Hall–Kier alpha value is -1.72. The topological polar surface area (TPSA) is 162 Å². The third kappa shape index (κ3) is 9.53. The Bertz CT molecular complexity index is 1300. The number of ether oxygens (including phenoxy) is 5. The molecule has 1 aromatic rings. The monoisotopic (exact) mass is 718 g/mol. The molecule has 0 aliphatic carbocycles. The molecule has 4 rings (SSSR count). The lowest BCUT2D eigenvalue weighted by Gasteiger charge is -2.39. The first-order valence-corrected chi connectivity index (χ1v) is 21.4. The summed E-state index contributed by atoms with van der Waals surface area (Å²) in [6.45, 7) is 20.4. The molecule has 0 radical (unpaired) electrons. The molecule has 1 aromatic heterocycles. The number of aliphatic hydroxyl groups excluding tert-OH is 1. The number of aliphatic imine (C=N–C) groups is 1. The van der Waals surface area contributed by atoms with Gasteiger partial charge >= 0.3 is 13.7 Å². The van der Waals surface area contributed by atoms with Crippen LogP contribution in [-0.2, 0) is 41.7 Å². The average Bonchev–Trinajstić information content (AvgIpc) is 3.47. The molecule has 0 spiro atoms. The number of hydrogen-bond donors (Lipinski definition) is 1. The van der Waals surface area contributed by atoms with Gasteiger partial charge in [0, 0.05) is 6.61 Å². The molecule has 1 amide bonds. The lowest BCUT2D eigenvalue weighted by molar-refractivity contribution is -0.241. The van der Waals surface area contributed by atoms with E-state index in [1.165, 1.54) is 17.6 Å². The lowest BCUT2D eigenvalue weighted by Crippen LogP contribution is -2.45. The van der Waals surface area contributed by atoms with Crippen LogP contribution in [0.2, 0.25) is 18.1 Å². The van der Waals surface area contributed by atoms with Gasteiger partial charge < -0.3 is 42.3 Å². The highest BCUT2D eigenvalue weighted by Crippen LogP contribution is 2.49. The molecule has 4 heterocycles. The van der Waals surface area contributed by atoms with Gasteiger partial charge in [0.1, 0.15) is 35.9 Å². The third-order valence-electron chi connectivity index (χ3n) is 8.59. The van der Waals surface area contributed by atoms with Crippen molar-refractivity contribution >= 4 is 34.2 Å². The zero-order valence-corrected chi connectivity index (χ0v) is 31.9. The van der Waals surface area contributed by atoms with Gasteiger partial charge in [0.2, 0.25) is 0 Å². The maximum atomic E-state index is 13.2. The van der Waals surface area contributed by atoms with Crippen LogP contribution in [0.5, 0.6) is 0 Å². The molecule has 0 aromatic carbocycles. The molecule has 3 aliphatic heterocycles. The number of amides is 1. The second kappa shape index (κ2) is 15.7. The highest BCUT2D eigenvalue weighted by Gasteiger charge is 2.50. The van der Waals surface area contributed by atoms with Crippen molar-refractivity contribution in [1.82, 2.24) is 14.5 Å². The van der Waals surface area contributed by atoms with Crippen LogP contribution in [0.25, 0.3) is 0 Å². The van der Waals surface area contributed by atoms with E-state index >= 15 is 0 Å². The Labute approximate surface area is 285 Å². The van der Waals surface area contributed by atoms with Gasteiger partial charge in [-0.05, 0) is 72.0 Å². The van der Waals surface area contributed by atoms with Crippen LogP contribution in [0.1, 0.15) is 92.7 Å². The fraction of sp³-hybridized carbons (Fsp3) is 0.839. The third-order valence-corrected chi connectivity index (χ3v) is 14.8. The number of aliphatic hydroxyl groups is 1. The van der Waals surface area contributed by atoms with Gasteiger partial charge in [-0.3, -0.25) is 14.0 Å². The summed E-state index contributed by atoms with van der Waals surface area (Å²) in [5.74, 6) is 0.330. The van der Waals surface area contributed by atoms with E-state index in [0.717, 1.165) is 12.8 Å². The largest absolute Gasteiger partial charge is 0.443 e. The number of carbonyl (C=O) groups excluding carboxylic acids is 1. The van der Waals surface area contributed by atoms with Gasteiger partial charge in [-0.15, -0.1) is 0 Å². The molecule has 2 fully saturated rings. The van der Waals surface area contributed by atoms with E-state index < -0.39 is 71.1 Å². The summed E-state index contributed by atoms with van der Waals surface area (Å²) in [5, 5.41) is 11.6. The zero-order chi connectivity index (χ0) is 35.5. The van der Waals surface area contributed by atoms with Crippen molar-refractivity contribution in [1.29, 1.82) is 0 Å². The van der Waals surface area contributed by atoms with Crippen LogP contribution in [0.4, 0.5) is 10.6 Å². The smallest absolute Gasteiger partial charge is 0.415 e. The number of aromatic nitrogens is 2. The predicted molar refractivity (Wildman–Crippen MR) is 180 cm³/mol. The van der Waals surface area contributed by atoms with E-state index in [2.05, 4.69) is 38.9 Å². The Morgan fingerprint density at radius 3 is 2.40 bits per heavy atom. The minimum atomic E-state index is -3.61. The van der Waals surface area contributed by atoms with Crippen LogP contribution >= 0.6 is 7.60 Å². The van der Waals surface area contributed by atoms with Crippen LogP contribution < -0.4 is 0 Å². The van der Waals surface area contributed by atoms with Crippen molar-refractivity contribution in [2.45, 2.75) is 136 Å². The van der Waals surface area contributed by atoms with Crippen LogP contribution in [0, 0.1) is 0 Å². The lowest BCUT2D eigenvalue weighted by atomic mass is 10.1. The second-order valence-electron chi connectivity index (χ2n) is 14.6. The zero-order valence-electron chi connectivity index (χ0n) is 30.0. The molecule has 48 heavy (non-hydrogen) atoms. The predicted octanol–water partition coefficient (Wildman–Crippen LogP) is 6.22. The molecule has 17 heteroatoms. The Kier molecular flexibility index (Phi) is 12.7. The molecular formula is C31H55N4O11PSi. The normalized spacial score (nSPS) is 27.2. The van der Waals surface area contributed by atoms with E-state index in [1.54, 1.807) is 39.2 Å². The number of fused-ring (bicyclic) bond motifs is 1. The first-order chi connectivity index (χ1) is 22.4. The quantitative estimate of drug-likeness (QED) is 0.192. The minimum Gasteiger partial charge on any atom is -0.443 e. The Morgan fingerprint density at radius 2 is 1.81 bits per heavy atom. The second-order valence-corrected chi connectivity index (χ2v) is 21.4. The Balaban J connectivity index is 1.69. The molecule has 0 bridgehead atoms. The molecule has 15 nitrogen and oxygen atoms in total. The van der Waals surface area contributed by atoms with Crippen molar-refractivity contribution in [2.75, 3.05) is 32.7 Å². The van der Waals surface area contributed by atoms with Crippen LogP contribution in [0.15, 0.2) is 11.3 Å². The first kappa shape index (κ1) is 39.1. The number of nitrogens with zero attached hydrogens (tertiary/aromatic N) is 4. The first-order valence-electron chi connectivity index (χ1n) is 16.8. The molecule has 2 saturated heterocycles. The minimum absolute atomic E-state index is 0.115. The molecule has 274 valence electrons. The molecule has 1 N–H and O–H groups in total. The summed E-state index contributed by atoms with van der Waals surface area (Å²) in [4.78, 5) is 24.0. The van der Waals surface area contributed by atoms with Crippen LogP contribution in [-0.4, -0.2) is 103 Å². The molecular weight excluding hydrogens is 663 g/mol. The molecule has 1 unspecified atom stereocenters. The van der Waals surface area contributed by atoms with Crippen molar-refractivity contribution < 1.29 is 51.6 Å². The van der Waals surface area contributed by atoms with E-state index in [0.29, 0.717) is 24.5 Å². The average molecular weight is 719 g/mol. The molecule has 0 saturated carbocycles. The van der Waals surface area contributed by atoms with Gasteiger partial charge in [0.05, 0.1) is 26.1 Å². The highest BCUT2D eigenvalue weighted by molar-refractivity contribution is 7.53. The summed E-state index contributed by atoms with van der Waals surface area (Å²) < 4.78 is 62.4. The van der Waals surface area contributed by atoms with Crippen molar-refractivity contribution in [2.24, 2.45) is 4.99 Å². The van der Waals surface area contributed by atoms with Gasteiger partial charge in [-0.1, -0.05) is 20.8 Å². The standard InChI is InChI=1S/C31H55N4O11PSi/c1-11-41-47(38,42-12-2)20-40-28-25(43-22-15-13-14-16-39-22)24(36)27(44-28)35-19-32-23-21(46-48(9,10)31(6,7)8)17-34(18-33-26(23)35)29(37)45-30(3,4)5/h18-19,21-22,24-25,27-28,36H,11-17,20H2,1-10H3/t21-,22?,24-,25-,27-,28+/m1/s1. The van der Waals surface area contributed by atoms with Crippen molar-refractivity contribution in [3.8, 4) is 0 Å². The SMILES string of the molecule is CCOP(=O)(CO[C@H]1O[C@@H](n2cnc3c2N=CN(C(=O)OC(C)(C)C)C[C@H]3O[Si](C)(C)C(C)(C)C)[C@H](O)[C@H]1OC1CCCCO1)OCC. The van der Waals surface area contributed by atoms with Gasteiger partial charge in [-0.2, -0.15) is 0 Å². The summed E-state index contributed by atoms with van der Waals surface area (Å²) in [7, 11) is -6.00. The van der Waals surface area contributed by atoms with E-state index in [9.17, 15) is 14.5 Å². The van der Waals surface area contributed by atoms with Crippen molar-refractivity contribution in [3.05, 3.63) is 12.0 Å². The number of hydrogen-bond acceptors (Lipinski definition) is 13. The van der Waals surface area contributed by atoms with Crippen molar-refractivity contribution in [3.63, 3.8) is 0 Å². The van der Waals surface area contributed by atoms with Gasteiger partial charge in [0.15, 0.2) is 39.3 Å². The number of imidazole rings is 1. The fourth-order valence-electron chi connectivity index (χ4n) is 5.21. The number of rotatable bonds is 12. The van der Waals surface area contributed by atoms with E-state index in [-0.39, 0.29) is 24.8 Å². The molecule has 6 atom stereocenters. The number of carbonyl (C=O) groups is 1. The summed E-state index contributed by atoms with van der Waals surface area (Å²) >= 11 is 0.